The lowest BCUT2D eigenvalue weighted by Crippen LogP contribution is -2.15. The molecule has 3 aromatic rings. The van der Waals surface area contributed by atoms with Crippen LogP contribution in [0.3, 0.4) is 0 Å². The fraction of sp³-hybridized carbons (Fsp3) is 0.200. The number of alkyl halides is 2. The molecule has 0 saturated heterocycles. The molecule has 0 saturated carbocycles. The van der Waals surface area contributed by atoms with E-state index < -0.39 is 22.3 Å². The molecule has 0 spiro atoms. The Labute approximate surface area is 142 Å². The maximum absolute atomic E-state index is 12.7. The average molecular weight is 367 g/mol. The second-order valence-electron chi connectivity index (χ2n) is 5.51. The number of H-pyrrole nitrogens is 1. The smallest absolute Gasteiger partial charge is 0.295 e. The third-order valence-corrected chi connectivity index (χ3v) is 4.81. The summed E-state index contributed by atoms with van der Waals surface area (Å²) in [7, 11) is -0.260. The van der Waals surface area contributed by atoms with Crippen LogP contribution in [-0.4, -0.2) is 37.5 Å². The summed E-state index contributed by atoms with van der Waals surface area (Å²) < 4.78 is 52.6. The summed E-state index contributed by atoms with van der Waals surface area (Å²) >= 11 is 0. The van der Waals surface area contributed by atoms with Crippen molar-refractivity contribution < 1.29 is 17.2 Å². The Hall–Kier alpha value is -2.75. The maximum atomic E-state index is 12.7. The van der Waals surface area contributed by atoms with Crippen LogP contribution < -0.4 is 9.62 Å². The number of benzene rings is 1. The molecule has 25 heavy (non-hydrogen) atoms. The lowest BCUT2D eigenvalue weighted by atomic mass is 10.3. The Bertz CT molecular complexity index is 1000. The van der Waals surface area contributed by atoms with Crippen LogP contribution >= 0.6 is 0 Å². The molecule has 10 heteroatoms. The quantitative estimate of drug-likeness (QED) is 0.724. The van der Waals surface area contributed by atoms with Crippen molar-refractivity contribution in [3.63, 3.8) is 0 Å². The Kier molecular flexibility index (Phi) is 4.29. The summed E-state index contributed by atoms with van der Waals surface area (Å²) in [5, 5.41) is 0. The molecule has 1 aromatic carbocycles. The number of nitrogens with zero attached hydrogens (tertiary/aromatic N) is 3. The van der Waals surface area contributed by atoms with Gasteiger partial charge in [-0.3, -0.25) is 4.72 Å². The second kappa shape index (κ2) is 6.28. The molecule has 0 amide bonds. The number of imidazole rings is 1. The van der Waals surface area contributed by atoms with Crippen molar-refractivity contribution in [2.75, 3.05) is 23.7 Å². The van der Waals surface area contributed by atoms with Gasteiger partial charge in [-0.2, -0.15) is 0 Å². The Morgan fingerprint density at radius 2 is 1.96 bits per heavy atom. The lowest BCUT2D eigenvalue weighted by molar-refractivity contribution is 0.142. The Balaban J connectivity index is 1.88. The number of pyridine rings is 1. The number of hydrogen-bond donors (Lipinski definition) is 2. The highest BCUT2D eigenvalue weighted by Crippen LogP contribution is 2.24. The Morgan fingerprint density at radius 1 is 1.20 bits per heavy atom. The fourth-order valence-electron chi connectivity index (χ4n) is 2.21. The molecule has 0 aliphatic rings. The van der Waals surface area contributed by atoms with Gasteiger partial charge in [-0.05, 0) is 30.3 Å². The molecule has 2 aromatic heterocycles. The zero-order chi connectivity index (χ0) is 18.2. The van der Waals surface area contributed by atoms with Gasteiger partial charge in [0.25, 0.3) is 16.4 Å². The third-order valence-electron chi connectivity index (χ3n) is 3.45. The fourth-order valence-corrected chi connectivity index (χ4v) is 3.20. The molecule has 0 fully saturated rings. The van der Waals surface area contributed by atoms with Crippen LogP contribution in [0.2, 0.25) is 0 Å². The summed E-state index contributed by atoms with van der Waals surface area (Å²) in [4.78, 5) is 12.0. The molecule has 3 rings (SSSR count). The summed E-state index contributed by atoms with van der Waals surface area (Å²) in [6, 6.07) is 7.35. The van der Waals surface area contributed by atoms with Gasteiger partial charge in [0.2, 0.25) is 0 Å². The van der Waals surface area contributed by atoms with Gasteiger partial charge in [0.15, 0.2) is 5.82 Å². The molecule has 132 valence electrons. The molecule has 0 unspecified atom stereocenters. The van der Waals surface area contributed by atoms with Crippen LogP contribution in [-0.2, 0) is 10.0 Å². The van der Waals surface area contributed by atoms with E-state index in [1.165, 1.54) is 30.5 Å². The van der Waals surface area contributed by atoms with E-state index >= 15 is 0 Å². The van der Waals surface area contributed by atoms with E-state index in [1.807, 2.05) is 0 Å². The number of hydrogen-bond acceptors (Lipinski definition) is 5. The van der Waals surface area contributed by atoms with Gasteiger partial charge < -0.3 is 9.88 Å². The first kappa shape index (κ1) is 17.1. The van der Waals surface area contributed by atoms with Gasteiger partial charge in [0.1, 0.15) is 10.7 Å². The zero-order valence-corrected chi connectivity index (χ0v) is 14.2. The summed E-state index contributed by atoms with van der Waals surface area (Å²) in [6.07, 6.45) is -1.48. The molecule has 0 aliphatic carbocycles. The van der Waals surface area contributed by atoms with Crippen LogP contribution in [0, 0.1) is 0 Å². The van der Waals surface area contributed by atoms with Crippen molar-refractivity contribution in [1.82, 2.24) is 15.0 Å². The largest absolute Gasteiger partial charge is 0.363 e. The van der Waals surface area contributed by atoms with Crippen LogP contribution in [0.15, 0.2) is 41.4 Å². The van der Waals surface area contributed by atoms with E-state index in [9.17, 15) is 17.2 Å². The average Bonchev–Trinajstić information content (AvgIpc) is 2.98. The van der Waals surface area contributed by atoms with Crippen LogP contribution in [0.25, 0.3) is 11.0 Å². The number of aromatic amines is 1. The van der Waals surface area contributed by atoms with Gasteiger partial charge in [-0.1, -0.05) is 0 Å². The van der Waals surface area contributed by atoms with Crippen molar-refractivity contribution in [3.05, 3.63) is 42.4 Å². The van der Waals surface area contributed by atoms with Crippen molar-refractivity contribution in [1.29, 1.82) is 0 Å². The van der Waals surface area contributed by atoms with Crippen LogP contribution in [0.5, 0.6) is 0 Å². The third kappa shape index (κ3) is 3.53. The molecule has 2 N–H and O–H groups in total. The minimum Gasteiger partial charge on any atom is -0.363 e. The first-order chi connectivity index (χ1) is 11.8. The molecule has 0 radical (unpaired) electrons. The van der Waals surface area contributed by atoms with Gasteiger partial charge in [0, 0.05) is 20.3 Å². The van der Waals surface area contributed by atoms with Crippen molar-refractivity contribution in [2.45, 2.75) is 11.3 Å². The lowest BCUT2D eigenvalue weighted by Gasteiger charge is -2.12. The van der Waals surface area contributed by atoms with Crippen molar-refractivity contribution in [2.24, 2.45) is 0 Å². The monoisotopic (exact) mass is 367 g/mol. The highest BCUT2D eigenvalue weighted by Gasteiger charge is 2.17. The topological polar surface area (TPSA) is 91.0 Å². The maximum Gasteiger partial charge on any atom is 0.295 e. The highest BCUT2D eigenvalue weighted by atomic mass is 32.2. The molecule has 0 bridgehead atoms. The van der Waals surface area contributed by atoms with E-state index in [-0.39, 0.29) is 10.6 Å². The zero-order valence-electron chi connectivity index (χ0n) is 13.4. The molecular weight excluding hydrogens is 352 g/mol. The standard InChI is InChI=1S/C15H15F2N5O2S/c1-22(2)13-6-4-10(8-18-13)25(23,24)21-9-3-5-11-12(7-9)20-15(19-11)14(16)17/h3-8,14,21H,1-2H3,(H,19,20). The Morgan fingerprint density at radius 3 is 2.56 bits per heavy atom. The normalized spacial score (nSPS) is 11.9. The molecule has 0 aliphatic heterocycles. The first-order valence-corrected chi connectivity index (χ1v) is 8.68. The first-order valence-electron chi connectivity index (χ1n) is 7.20. The minimum absolute atomic E-state index is 0.00363. The number of rotatable bonds is 5. The number of anilines is 2. The van der Waals surface area contributed by atoms with E-state index in [2.05, 4.69) is 19.7 Å². The van der Waals surface area contributed by atoms with E-state index in [0.717, 1.165) is 0 Å². The number of aromatic nitrogens is 3. The minimum atomic E-state index is -3.85. The predicted molar refractivity (Wildman–Crippen MR) is 90.4 cm³/mol. The molecule has 0 atom stereocenters. The molecule has 2 heterocycles. The predicted octanol–water partition coefficient (Wildman–Crippen LogP) is 2.76. The molecule has 7 nitrogen and oxygen atoms in total. The summed E-state index contributed by atoms with van der Waals surface area (Å²) in [5.41, 5.74) is 0.875. The highest BCUT2D eigenvalue weighted by molar-refractivity contribution is 7.92. The van der Waals surface area contributed by atoms with E-state index in [1.54, 1.807) is 25.1 Å². The SMILES string of the molecule is CN(C)c1ccc(S(=O)(=O)Nc2ccc3nc(C(F)F)[nH]c3c2)cn1. The van der Waals surface area contributed by atoms with Crippen molar-refractivity contribution in [3.8, 4) is 0 Å². The second-order valence-corrected chi connectivity index (χ2v) is 7.19. The van der Waals surface area contributed by atoms with Crippen LogP contribution in [0.1, 0.15) is 12.2 Å². The number of halogens is 2. The van der Waals surface area contributed by atoms with Gasteiger partial charge in [-0.25, -0.2) is 27.2 Å². The van der Waals surface area contributed by atoms with Gasteiger partial charge >= 0.3 is 0 Å². The van der Waals surface area contributed by atoms with Crippen LogP contribution in [0.4, 0.5) is 20.3 Å². The molecular formula is C15H15F2N5O2S. The number of fused-ring (bicyclic) bond motifs is 1. The van der Waals surface area contributed by atoms with E-state index in [0.29, 0.717) is 16.9 Å². The van der Waals surface area contributed by atoms with Gasteiger partial charge in [-0.15, -0.1) is 0 Å². The van der Waals surface area contributed by atoms with Gasteiger partial charge in [0.05, 0.1) is 16.7 Å². The van der Waals surface area contributed by atoms with E-state index in [4.69, 9.17) is 0 Å². The summed E-state index contributed by atoms with van der Waals surface area (Å²) in [5.74, 6) is 0.163. The summed E-state index contributed by atoms with van der Waals surface area (Å²) in [6.45, 7) is 0. The number of nitrogens with one attached hydrogen (secondary N) is 2. The van der Waals surface area contributed by atoms with Crippen molar-refractivity contribution >= 4 is 32.6 Å². The number of sulfonamides is 1.